The van der Waals surface area contributed by atoms with E-state index >= 15 is 0 Å². The minimum Gasteiger partial charge on any atom is -0.481 e. The van der Waals surface area contributed by atoms with Crippen molar-refractivity contribution in [3.05, 3.63) is 11.6 Å². The zero-order valence-corrected chi connectivity index (χ0v) is 19.0. The zero-order chi connectivity index (χ0) is 22.4. The third-order valence-corrected chi connectivity index (χ3v) is 7.59. The summed E-state index contributed by atoms with van der Waals surface area (Å²) in [4.78, 5) is 25.6. The van der Waals surface area contributed by atoms with E-state index in [1.807, 2.05) is 0 Å². The molecule has 8 nitrogen and oxygen atoms in total. The number of hydrogen-bond acceptors (Lipinski definition) is 6. The summed E-state index contributed by atoms with van der Waals surface area (Å²) in [5, 5.41) is 9.17. The second-order valence-electron chi connectivity index (χ2n) is 9.90. The number of nitrogens with zero attached hydrogens (tertiary/aromatic N) is 1. The van der Waals surface area contributed by atoms with Crippen LogP contribution in [0, 0.1) is 11.8 Å². The summed E-state index contributed by atoms with van der Waals surface area (Å²) in [6.07, 6.45) is 4.50. The van der Waals surface area contributed by atoms with Crippen molar-refractivity contribution in [2.75, 3.05) is 26.8 Å². The molecule has 1 N–H and O–H groups in total. The molecule has 0 aromatic carbocycles. The normalized spacial score (nSPS) is 39.8. The van der Waals surface area contributed by atoms with Crippen molar-refractivity contribution in [2.24, 2.45) is 11.8 Å². The summed E-state index contributed by atoms with van der Waals surface area (Å²) in [6.45, 7) is 7.79. The van der Waals surface area contributed by atoms with Gasteiger partial charge in [0.1, 0.15) is 23.4 Å². The summed E-state index contributed by atoms with van der Waals surface area (Å²) >= 11 is 0. The van der Waals surface area contributed by atoms with Gasteiger partial charge in [0.25, 0.3) is 0 Å². The third kappa shape index (κ3) is 4.34. The van der Waals surface area contributed by atoms with E-state index in [9.17, 15) is 9.59 Å². The lowest BCUT2D eigenvalue weighted by molar-refractivity contribution is -0.143. The van der Waals surface area contributed by atoms with Crippen LogP contribution in [0.25, 0.3) is 0 Å². The summed E-state index contributed by atoms with van der Waals surface area (Å²) in [5.41, 5.74) is 0.645. The fourth-order valence-corrected chi connectivity index (χ4v) is 5.58. The van der Waals surface area contributed by atoms with Crippen LogP contribution in [0.3, 0.4) is 0 Å². The van der Waals surface area contributed by atoms with Gasteiger partial charge in [0, 0.05) is 20.2 Å². The zero-order valence-electron chi connectivity index (χ0n) is 19.0. The Balaban J connectivity index is 1.42. The summed E-state index contributed by atoms with van der Waals surface area (Å²) in [5.74, 6) is -1.19. The Kier molecular flexibility index (Phi) is 6.09. The Hall–Kier alpha value is -1.64. The number of ether oxygens (including phenoxy) is 4. The van der Waals surface area contributed by atoms with Crippen LogP contribution in [-0.4, -0.2) is 78.4 Å². The van der Waals surface area contributed by atoms with Crippen molar-refractivity contribution < 1.29 is 33.6 Å². The fraction of sp³-hybridized carbons (Fsp3) is 0.826. The molecule has 1 saturated carbocycles. The van der Waals surface area contributed by atoms with Crippen molar-refractivity contribution in [1.29, 1.82) is 0 Å². The van der Waals surface area contributed by atoms with E-state index in [2.05, 4.69) is 26.8 Å². The smallest absolute Gasteiger partial charge is 0.410 e. The molecule has 4 fully saturated rings. The van der Waals surface area contributed by atoms with Crippen molar-refractivity contribution in [1.82, 2.24) is 4.90 Å². The molecule has 0 aromatic rings. The Morgan fingerprint density at radius 2 is 1.90 bits per heavy atom. The highest BCUT2D eigenvalue weighted by Gasteiger charge is 2.72. The van der Waals surface area contributed by atoms with Crippen LogP contribution < -0.4 is 0 Å². The van der Waals surface area contributed by atoms with Gasteiger partial charge in [0.15, 0.2) is 0 Å². The van der Waals surface area contributed by atoms with Crippen LogP contribution in [-0.2, 0) is 23.7 Å². The van der Waals surface area contributed by atoms with Crippen LogP contribution in [0.2, 0.25) is 0 Å². The van der Waals surface area contributed by atoms with Gasteiger partial charge >= 0.3 is 12.1 Å². The number of allylic oxidation sites excluding steroid dienone is 1. The molecule has 4 aliphatic rings. The highest BCUT2D eigenvalue weighted by atomic mass is 16.6. The number of carboxylic acids is 1. The molecule has 1 amide bonds. The van der Waals surface area contributed by atoms with E-state index in [1.165, 1.54) is 5.57 Å². The predicted octanol–water partition coefficient (Wildman–Crippen LogP) is 3.00. The average molecular weight is 438 g/mol. The molecule has 0 unspecified atom stereocenters. The molecule has 1 spiro atoms. The van der Waals surface area contributed by atoms with Crippen molar-refractivity contribution in [3.63, 3.8) is 0 Å². The highest BCUT2D eigenvalue weighted by molar-refractivity contribution is 5.71. The number of carbonyl (C=O) groups is 2. The number of methoxy groups -OCH3 is 1. The Morgan fingerprint density at radius 1 is 1.23 bits per heavy atom. The molecule has 0 radical (unpaired) electrons. The van der Waals surface area contributed by atoms with Crippen LogP contribution >= 0.6 is 0 Å². The molecular weight excluding hydrogens is 402 g/mol. The van der Waals surface area contributed by atoms with Gasteiger partial charge in [-0.3, -0.25) is 4.79 Å². The number of piperidine rings is 1. The minimum atomic E-state index is -0.794. The Labute approximate surface area is 183 Å². The lowest BCUT2D eigenvalue weighted by Gasteiger charge is -2.43. The van der Waals surface area contributed by atoms with Crippen LogP contribution in [0.4, 0.5) is 4.79 Å². The van der Waals surface area contributed by atoms with Gasteiger partial charge in [-0.2, -0.15) is 0 Å². The number of carboxylic acid groups (broad SMARTS) is 1. The molecular formula is C23H35NO7. The van der Waals surface area contributed by atoms with Crippen molar-refractivity contribution in [3.8, 4) is 0 Å². The van der Waals surface area contributed by atoms with E-state index in [1.54, 1.807) is 12.0 Å². The first-order chi connectivity index (χ1) is 14.7. The summed E-state index contributed by atoms with van der Waals surface area (Å²) in [7, 11) is 1.66. The quantitative estimate of drug-likeness (QED) is 0.503. The Bertz CT molecular complexity index is 736. The Morgan fingerprint density at radius 3 is 2.45 bits per heavy atom. The molecule has 3 saturated heterocycles. The molecule has 8 heteroatoms. The highest BCUT2D eigenvalue weighted by Crippen LogP contribution is 2.59. The molecule has 174 valence electrons. The number of amides is 1. The molecule has 3 aliphatic heterocycles. The van der Waals surface area contributed by atoms with Gasteiger partial charge in [0.2, 0.25) is 0 Å². The van der Waals surface area contributed by atoms with E-state index in [-0.39, 0.29) is 47.4 Å². The molecule has 1 aliphatic carbocycles. The average Bonchev–Trinajstić information content (AvgIpc) is 3.65. The number of hydrogen-bond donors (Lipinski definition) is 1. The maximum absolute atomic E-state index is 12.8. The lowest BCUT2D eigenvalue weighted by Crippen LogP contribution is -2.56. The van der Waals surface area contributed by atoms with E-state index in [0.717, 1.165) is 12.8 Å². The van der Waals surface area contributed by atoms with E-state index < -0.39 is 5.97 Å². The predicted molar refractivity (Wildman–Crippen MR) is 112 cm³/mol. The van der Waals surface area contributed by atoms with Gasteiger partial charge in [-0.15, -0.1) is 0 Å². The maximum atomic E-state index is 12.8. The summed E-state index contributed by atoms with van der Waals surface area (Å²) < 4.78 is 24.0. The van der Waals surface area contributed by atoms with Crippen molar-refractivity contribution >= 4 is 12.1 Å². The van der Waals surface area contributed by atoms with Crippen LogP contribution in [0.5, 0.6) is 0 Å². The number of rotatable bonds is 6. The van der Waals surface area contributed by atoms with Crippen molar-refractivity contribution in [2.45, 2.75) is 82.4 Å². The van der Waals surface area contributed by atoms with Gasteiger partial charge in [0.05, 0.1) is 24.5 Å². The van der Waals surface area contributed by atoms with Crippen LogP contribution in [0.15, 0.2) is 11.6 Å². The second-order valence-corrected chi connectivity index (χ2v) is 9.90. The minimum absolute atomic E-state index is 0.00939. The van der Waals surface area contributed by atoms with Gasteiger partial charge in [-0.05, 0) is 52.9 Å². The maximum Gasteiger partial charge on any atom is 0.410 e. The lowest BCUT2D eigenvalue weighted by atomic mass is 9.68. The SMILES string of the molecule is CO[C@@H]1[C@H](OC(=O)N2CCC(C(=O)O)CC2)CC[C@]2(CO2)[C@H]1[C@@]1(C)O[C@@H]1CC=C(C)C. The first kappa shape index (κ1) is 22.6. The van der Waals surface area contributed by atoms with Gasteiger partial charge in [-0.25, -0.2) is 4.79 Å². The largest absolute Gasteiger partial charge is 0.481 e. The molecule has 3 heterocycles. The van der Waals surface area contributed by atoms with E-state index in [0.29, 0.717) is 39.0 Å². The standard InChI is InChI=1S/C23H35NO7/c1-14(2)5-6-17-22(3,31-17)19-18(28-4)16(7-10-23(19)13-29-23)30-21(27)24-11-8-15(9-12-24)20(25)26/h5,15-19H,6-13H2,1-4H3,(H,25,26)/t16-,17-,18-,19-,22+,23+/m1/s1. The molecule has 0 bridgehead atoms. The molecule has 4 rings (SSSR count). The van der Waals surface area contributed by atoms with Gasteiger partial charge in [-0.1, -0.05) is 11.6 Å². The van der Waals surface area contributed by atoms with Gasteiger partial charge < -0.3 is 29.0 Å². The number of epoxide rings is 2. The monoisotopic (exact) mass is 437 g/mol. The van der Waals surface area contributed by atoms with E-state index in [4.69, 9.17) is 24.1 Å². The van der Waals surface area contributed by atoms with Crippen LogP contribution in [0.1, 0.15) is 52.9 Å². The second kappa shape index (κ2) is 8.37. The number of carbonyl (C=O) groups excluding carboxylic acids is 1. The first-order valence-electron chi connectivity index (χ1n) is 11.4. The first-order valence-corrected chi connectivity index (χ1v) is 11.4. The molecule has 6 atom stereocenters. The fourth-order valence-electron chi connectivity index (χ4n) is 5.58. The number of aliphatic carboxylic acids is 1. The third-order valence-electron chi connectivity index (χ3n) is 7.59. The molecule has 0 aromatic heterocycles. The number of likely N-dealkylation sites (tertiary alicyclic amines) is 1. The molecule has 31 heavy (non-hydrogen) atoms. The topological polar surface area (TPSA) is 101 Å². The summed E-state index contributed by atoms with van der Waals surface area (Å²) in [6, 6.07) is 0.